The van der Waals surface area contributed by atoms with Gasteiger partial charge in [0.15, 0.2) is 0 Å². The second kappa shape index (κ2) is 14.4. The highest BCUT2D eigenvalue weighted by atomic mass is 19.3. The Morgan fingerprint density at radius 1 is 1.00 bits per heavy atom. The second-order valence-electron chi connectivity index (χ2n) is 13.1. The number of benzene rings is 2. The third-order valence-electron chi connectivity index (χ3n) is 8.53. The number of nitrogens with one attached hydrogen (secondary N) is 1. The van der Waals surface area contributed by atoms with Crippen LogP contribution in [-0.4, -0.2) is 57.2 Å². The molecule has 0 saturated carbocycles. The van der Waals surface area contributed by atoms with Crippen LogP contribution in [0.5, 0.6) is 0 Å². The molecule has 2 heterocycles. The lowest BCUT2D eigenvalue weighted by atomic mass is 9.90. The third kappa shape index (κ3) is 8.65. The van der Waals surface area contributed by atoms with Crippen LogP contribution in [0.15, 0.2) is 35.1 Å². The van der Waals surface area contributed by atoms with Gasteiger partial charge in [-0.25, -0.2) is 22.2 Å². The van der Waals surface area contributed by atoms with Crippen molar-refractivity contribution >= 4 is 11.9 Å². The van der Waals surface area contributed by atoms with E-state index in [1.165, 1.54) is 25.1 Å². The summed E-state index contributed by atoms with van der Waals surface area (Å²) in [5.41, 5.74) is 2.79. The summed E-state index contributed by atoms with van der Waals surface area (Å²) in [4.78, 5) is 41.0. The van der Waals surface area contributed by atoms with Crippen LogP contribution < -0.4 is 10.9 Å². The molecule has 1 aliphatic rings. The molecule has 0 aliphatic carbocycles. The number of likely N-dealkylation sites (tertiary alicyclic amines) is 1. The summed E-state index contributed by atoms with van der Waals surface area (Å²) in [6.45, 7) is 10.4. The van der Waals surface area contributed by atoms with Gasteiger partial charge in [-0.15, -0.1) is 0 Å². The number of halogens is 4. The van der Waals surface area contributed by atoms with Crippen molar-refractivity contribution in [2.24, 2.45) is 5.92 Å². The number of carbonyl (C=O) groups is 2. The number of hydrogen-bond donors (Lipinski definition) is 2. The standard InChI is InChI=1S/C35H42F4N4O4/c1-19(2)11-29(43-34(47)23(6)15-26(41-43)7-9-42-10-8-35(38,39)18-42)33(46)40-28(17-30(44)45)27-16-24(12-22(5)32(27)37)31-20(3)13-25(36)14-21(31)4/h12-16,19,28-29H,7-11,17-18H2,1-6H3,(H,40,46)(H,44,45)/t28-,29-/m0/s1. The van der Waals surface area contributed by atoms with Gasteiger partial charge in [0.1, 0.15) is 17.7 Å². The molecule has 1 aromatic heterocycles. The summed E-state index contributed by atoms with van der Waals surface area (Å²) in [5, 5.41) is 16.9. The number of amides is 1. The molecule has 0 bridgehead atoms. The van der Waals surface area contributed by atoms with E-state index >= 15 is 4.39 Å². The van der Waals surface area contributed by atoms with Gasteiger partial charge in [-0.1, -0.05) is 13.8 Å². The second-order valence-corrected chi connectivity index (χ2v) is 13.1. The summed E-state index contributed by atoms with van der Waals surface area (Å²) in [6.07, 6.45) is -0.438. The fraction of sp³-hybridized carbons (Fsp3) is 0.486. The van der Waals surface area contributed by atoms with Gasteiger partial charge < -0.3 is 10.4 Å². The van der Waals surface area contributed by atoms with Gasteiger partial charge in [0.2, 0.25) is 5.91 Å². The molecule has 3 aromatic rings. The van der Waals surface area contributed by atoms with E-state index in [0.29, 0.717) is 40.1 Å². The lowest BCUT2D eigenvalue weighted by Crippen LogP contribution is -2.42. The highest BCUT2D eigenvalue weighted by Gasteiger charge is 2.38. The Bertz CT molecular complexity index is 1700. The predicted molar refractivity (Wildman–Crippen MR) is 171 cm³/mol. The number of carboxylic acids is 1. The van der Waals surface area contributed by atoms with Gasteiger partial charge in [0, 0.05) is 37.1 Å². The summed E-state index contributed by atoms with van der Waals surface area (Å²) in [7, 11) is 0. The number of carbonyl (C=O) groups excluding carboxylic acids is 1. The lowest BCUT2D eigenvalue weighted by Gasteiger charge is -2.26. The first-order valence-corrected chi connectivity index (χ1v) is 15.7. The molecule has 1 aliphatic heterocycles. The molecule has 254 valence electrons. The molecule has 0 radical (unpaired) electrons. The minimum atomic E-state index is -2.75. The highest BCUT2D eigenvalue weighted by Crippen LogP contribution is 2.34. The van der Waals surface area contributed by atoms with E-state index in [2.05, 4.69) is 10.4 Å². The van der Waals surface area contributed by atoms with E-state index < -0.39 is 53.5 Å². The quantitative estimate of drug-likeness (QED) is 0.224. The first-order valence-electron chi connectivity index (χ1n) is 15.7. The van der Waals surface area contributed by atoms with Gasteiger partial charge in [-0.05, 0) is 98.2 Å². The van der Waals surface area contributed by atoms with Crippen LogP contribution in [0.4, 0.5) is 17.6 Å². The maximum Gasteiger partial charge on any atom is 0.305 e. The number of hydrogen-bond acceptors (Lipinski definition) is 5. The van der Waals surface area contributed by atoms with Crippen LogP contribution in [0.25, 0.3) is 11.1 Å². The number of rotatable bonds is 12. The number of alkyl halides is 2. The number of aryl methyl sites for hydroxylation is 4. The van der Waals surface area contributed by atoms with Gasteiger partial charge in [0.05, 0.1) is 24.7 Å². The van der Waals surface area contributed by atoms with E-state index in [9.17, 15) is 32.7 Å². The van der Waals surface area contributed by atoms with Gasteiger partial charge >= 0.3 is 5.97 Å². The molecule has 0 spiro atoms. The fourth-order valence-corrected chi connectivity index (χ4v) is 6.32. The van der Waals surface area contributed by atoms with E-state index in [-0.39, 0.29) is 49.4 Å². The minimum Gasteiger partial charge on any atom is -0.481 e. The number of nitrogens with zero attached hydrogens (tertiary/aromatic N) is 3. The van der Waals surface area contributed by atoms with Crippen LogP contribution in [0, 0.1) is 45.2 Å². The predicted octanol–water partition coefficient (Wildman–Crippen LogP) is 6.23. The third-order valence-corrected chi connectivity index (χ3v) is 8.53. The van der Waals surface area contributed by atoms with E-state index in [4.69, 9.17) is 0 Å². The average molecular weight is 659 g/mol. The topological polar surface area (TPSA) is 105 Å². The molecule has 47 heavy (non-hydrogen) atoms. The normalized spacial score (nSPS) is 16.0. The Morgan fingerprint density at radius 3 is 2.23 bits per heavy atom. The largest absolute Gasteiger partial charge is 0.481 e. The minimum absolute atomic E-state index is 0.0603. The number of carboxylic acid groups (broad SMARTS) is 1. The Hall–Kier alpha value is -4.06. The Balaban J connectivity index is 1.71. The molecule has 1 saturated heterocycles. The van der Waals surface area contributed by atoms with E-state index in [0.717, 1.165) is 4.68 Å². The van der Waals surface area contributed by atoms with E-state index in [1.54, 1.807) is 37.8 Å². The van der Waals surface area contributed by atoms with Gasteiger partial charge in [-0.3, -0.25) is 19.3 Å². The highest BCUT2D eigenvalue weighted by molar-refractivity contribution is 5.82. The summed E-state index contributed by atoms with van der Waals surface area (Å²) >= 11 is 0. The van der Waals surface area contributed by atoms with Crippen molar-refractivity contribution in [3.05, 3.63) is 85.8 Å². The SMILES string of the molecule is Cc1cc(-c2c(C)cc(F)cc2C)cc([C@H](CC(=O)O)NC(=O)[C@H](CC(C)C)n2nc(CCN3CCC(F)(F)C3)cc(C)c2=O)c1F. The first-order chi connectivity index (χ1) is 22.0. The van der Waals surface area contributed by atoms with Crippen LogP contribution in [0.2, 0.25) is 0 Å². The smallest absolute Gasteiger partial charge is 0.305 e. The molecular formula is C35H42F4N4O4. The Kier molecular flexibility index (Phi) is 10.9. The average Bonchev–Trinajstić information content (AvgIpc) is 3.31. The molecule has 1 amide bonds. The molecule has 8 nitrogen and oxygen atoms in total. The number of aromatic nitrogens is 2. The van der Waals surface area contributed by atoms with Crippen LogP contribution in [-0.2, 0) is 16.0 Å². The molecule has 1 fully saturated rings. The Labute approximate surface area is 271 Å². The van der Waals surface area contributed by atoms with E-state index in [1.807, 2.05) is 13.8 Å². The molecule has 0 unspecified atom stereocenters. The summed E-state index contributed by atoms with van der Waals surface area (Å²) in [5.74, 6) is -5.96. The van der Waals surface area contributed by atoms with Crippen molar-refractivity contribution in [2.75, 3.05) is 19.6 Å². The lowest BCUT2D eigenvalue weighted by molar-refractivity contribution is -0.138. The molecular weight excluding hydrogens is 616 g/mol. The van der Waals surface area contributed by atoms with Crippen LogP contribution >= 0.6 is 0 Å². The van der Waals surface area contributed by atoms with Crippen LogP contribution in [0.3, 0.4) is 0 Å². The molecule has 2 aromatic carbocycles. The van der Waals surface area contributed by atoms with Crippen molar-refractivity contribution in [3.63, 3.8) is 0 Å². The van der Waals surface area contributed by atoms with Crippen molar-refractivity contribution in [3.8, 4) is 11.1 Å². The number of aliphatic carboxylic acids is 1. The zero-order chi connectivity index (χ0) is 34.8. The monoisotopic (exact) mass is 658 g/mol. The summed E-state index contributed by atoms with van der Waals surface area (Å²) < 4.78 is 58.3. The fourth-order valence-electron chi connectivity index (χ4n) is 6.32. The summed E-state index contributed by atoms with van der Waals surface area (Å²) in [6, 6.07) is 4.87. The molecule has 12 heteroatoms. The zero-order valence-corrected chi connectivity index (χ0v) is 27.6. The molecule has 4 rings (SSSR count). The van der Waals surface area contributed by atoms with Crippen molar-refractivity contribution in [1.82, 2.24) is 20.0 Å². The van der Waals surface area contributed by atoms with Crippen molar-refractivity contribution < 1.29 is 32.3 Å². The first kappa shape index (κ1) is 35.8. The zero-order valence-electron chi connectivity index (χ0n) is 27.6. The van der Waals surface area contributed by atoms with Crippen molar-refractivity contribution in [2.45, 2.75) is 85.2 Å². The van der Waals surface area contributed by atoms with Gasteiger partial charge in [0.25, 0.3) is 11.5 Å². The maximum absolute atomic E-state index is 15.8. The molecule has 2 N–H and O–H groups in total. The van der Waals surface area contributed by atoms with Crippen molar-refractivity contribution in [1.29, 1.82) is 0 Å². The Morgan fingerprint density at radius 2 is 1.66 bits per heavy atom. The maximum atomic E-state index is 15.8. The van der Waals surface area contributed by atoms with Gasteiger partial charge in [-0.2, -0.15) is 5.10 Å². The van der Waals surface area contributed by atoms with Crippen LogP contribution in [0.1, 0.15) is 78.7 Å². The molecule has 2 atom stereocenters.